The second-order valence-electron chi connectivity index (χ2n) is 8.88. The van der Waals surface area contributed by atoms with Gasteiger partial charge in [-0.1, -0.05) is 30.3 Å². The average molecular weight is 513 g/mol. The lowest BCUT2D eigenvalue weighted by Crippen LogP contribution is -2.31. The third-order valence-electron chi connectivity index (χ3n) is 6.51. The van der Waals surface area contributed by atoms with Crippen molar-refractivity contribution >= 4 is 17.6 Å². The van der Waals surface area contributed by atoms with Crippen LogP contribution in [-0.2, 0) is 27.4 Å². The predicted octanol–water partition coefficient (Wildman–Crippen LogP) is 4.09. The van der Waals surface area contributed by atoms with E-state index in [9.17, 15) is 9.59 Å². The lowest BCUT2D eigenvalue weighted by molar-refractivity contribution is -0.142. The molecule has 0 saturated heterocycles. The minimum Gasteiger partial charge on any atom is -0.497 e. The van der Waals surface area contributed by atoms with Crippen molar-refractivity contribution in [1.29, 1.82) is 0 Å². The Morgan fingerprint density at radius 3 is 2.50 bits per heavy atom. The molecule has 9 heteroatoms. The molecule has 0 aliphatic carbocycles. The Morgan fingerprint density at radius 2 is 1.76 bits per heavy atom. The van der Waals surface area contributed by atoms with E-state index >= 15 is 0 Å². The number of aryl methyl sites for hydroxylation is 1. The number of esters is 1. The number of amides is 1. The molecular weight excluding hydrogens is 484 g/mol. The van der Waals surface area contributed by atoms with Crippen LogP contribution in [0.1, 0.15) is 29.2 Å². The summed E-state index contributed by atoms with van der Waals surface area (Å²) >= 11 is 0. The van der Waals surface area contributed by atoms with E-state index in [1.807, 2.05) is 72.9 Å². The van der Waals surface area contributed by atoms with Crippen molar-refractivity contribution < 1.29 is 23.8 Å². The van der Waals surface area contributed by atoms with Crippen LogP contribution in [0.4, 0.5) is 5.69 Å². The fourth-order valence-electron chi connectivity index (χ4n) is 4.46. The summed E-state index contributed by atoms with van der Waals surface area (Å²) in [6.45, 7) is 0.711. The molecule has 1 unspecified atom stereocenters. The summed E-state index contributed by atoms with van der Waals surface area (Å²) in [5.41, 5.74) is 3.38. The van der Waals surface area contributed by atoms with Crippen LogP contribution >= 0.6 is 0 Å². The molecule has 194 valence electrons. The molecule has 0 radical (unpaired) electrons. The molecule has 9 nitrogen and oxygen atoms in total. The second kappa shape index (κ2) is 11.2. The molecule has 0 N–H and O–H groups in total. The first kappa shape index (κ1) is 25.0. The topological polar surface area (TPSA) is 95.8 Å². The molecule has 38 heavy (non-hydrogen) atoms. The number of para-hydroxylation sites is 1. The van der Waals surface area contributed by atoms with Gasteiger partial charge < -0.3 is 19.1 Å². The first-order chi connectivity index (χ1) is 18.6. The Labute approximate surface area is 220 Å². The lowest BCUT2D eigenvalue weighted by Gasteiger charge is -2.17. The van der Waals surface area contributed by atoms with Gasteiger partial charge in [0, 0.05) is 31.3 Å². The number of pyridine rings is 1. The quantitative estimate of drug-likeness (QED) is 0.312. The average Bonchev–Trinajstić information content (AvgIpc) is 3.60. The second-order valence-corrected chi connectivity index (χ2v) is 8.88. The Hall–Kier alpha value is -4.66. The van der Waals surface area contributed by atoms with E-state index < -0.39 is 5.92 Å². The van der Waals surface area contributed by atoms with Crippen molar-refractivity contribution in [3.8, 4) is 17.3 Å². The number of methoxy groups -OCH3 is 2. The maximum Gasteiger partial charge on any atom is 0.315 e. The zero-order chi connectivity index (χ0) is 26.5. The number of carbonyl (C=O) groups is 2. The third kappa shape index (κ3) is 5.36. The molecule has 1 aliphatic heterocycles. The van der Waals surface area contributed by atoms with Gasteiger partial charge in [-0.3, -0.25) is 9.59 Å². The summed E-state index contributed by atoms with van der Waals surface area (Å²) in [5.74, 6) is 1.24. The van der Waals surface area contributed by atoms with Gasteiger partial charge in [-0.2, -0.15) is 5.10 Å². The van der Waals surface area contributed by atoms with Gasteiger partial charge in [-0.25, -0.2) is 9.67 Å². The van der Waals surface area contributed by atoms with Crippen LogP contribution in [0.25, 0.3) is 5.82 Å². The molecule has 1 aliphatic rings. The first-order valence-corrected chi connectivity index (χ1v) is 12.3. The monoisotopic (exact) mass is 512 g/mol. The number of aromatic nitrogens is 3. The Bertz CT molecular complexity index is 1420. The molecular formula is C29H28N4O5. The molecule has 1 amide bonds. The summed E-state index contributed by atoms with van der Waals surface area (Å²) in [5, 5.41) is 4.58. The van der Waals surface area contributed by atoms with Gasteiger partial charge in [0.2, 0.25) is 5.91 Å². The van der Waals surface area contributed by atoms with Crippen LogP contribution in [0.2, 0.25) is 0 Å². The summed E-state index contributed by atoms with van der Waals surface area (Å²) in [6, 6.07) is 20.7. The largest absolute Gasteiger partial charge is 0.497 e. The van der Waals surface area contributed by atoms with Crippen LogP contribution in [-0.4, -0.2) is 47.4 Å². The highest BCUT2D eigenvalue weighted by Gasteiger charge is 2.36. The van der Waals surface area contributed by atoms with Crippen molar-refractivity contribution in [2.45, 2.75) is 25.4 Å². The predicted molar refractivity (Wildman–Crippen MR) is 141 cm³/mol. The molecule has 0 saturated carbocycles. The first-order valence-electron chi connectivity index (χ1n) is 12.3. The van der Waals surface area contributed by atoms with E-state index in [-0.39, 0.29) is 24.8 Å². The van der Waals surface area contributed by atoms with E-state index in [4.69, 9.17) is 14.2 Å². The zero-order valence-corrected chi connectivity index (χ0v) is 21.2. The molecule has 0 fully saturated rings. The number of ether oxygens (including phenoxy) is 3. The molecule has 2 aromatic heterocycles. The standard InChI is InChI=1S/C29H28N4O5/c1-36-22-10-7-20(8-11-22)19-38-23-12-13-27(30-17-23)33-16-15-21(31-33)9-14-28(34)32-18-25(29(35)37-2)24-5-3-4-6-26(24)32/h3-8,10-13,15-17,25H,9,14,18-19H2,1-2H3. The van der Waals surface area contributed by atoms with Crippen LogP contribution in [0, 0.1) is 0 Å². The van der Waals surface area contributed by atoms with Crippen LogP contribution < -0.4 is 14.4 Å². The maximum atomic E-state index is 13.1. The number of hydrogen-bond donors (Lipinski definition) is 0. The van der Waals surface area contributed by atoms with E-state index in [1.165, 1.54) is 7.11 Å². The van der Waals surface area contributed by atoms with Gasteiger partial charge >= 0.3 is 5.97 Å². The minimum absolute atomic E-state index is 0.0603. The Morgan fingerprint density at radius 1 is 0.974 bits per heavy atom. The van der Waals surface area contributed by atoms with Gasteiger partial charge in [-0.05, 0) is 47.5 Å². The summed E-state index contributed by atoms with van der Waals surface area (Å²) in [4.78, 5) is 31.4. The van der Waals surface area contributed by atoms with Crippen molar-refractivity contribution in [3.63, 3.8) is 0 Å². The summed E-state index contributed by atoms with van der Waals surface area (Å²) in [7, 11) is 3.00. The highest BCUT2D eigenvalue weighted by molar-refractivity contribution is 5.99. The number of rotatable bonds is 9. The lowest BCUT2D eigenvalue weighted by atomic mass is 10.0. The number of anilines is 1. The van der Waals surface area contributed by atoms with Crippen molar-refractivity contribution in [3.05, 3.63) is 95.9 Å². The highest BCUT2D eigenvalue weighted by Crippen LogP contribution is 2.37. The van der Waals surface area contributed by atoms with E-state index in [0.29, 0.717) is 24.6 Å². The van der Waals surface area contributed by atoms with Crippen molar-refractivity contribution in [1.82, 2.24) is 14.8 Å². The third-order valence-corrected chi connectivity index (χ3v) is 6.51. The van der Waals surface area contributed by atoms with E-state index in [1.54, 1.807) is 22.9 Å². The van der Waals surface area contributed by atoms with Crippen LogP contribution in [0.15, 0.2) is 79.1 Å². The smallest absolute Gasteiger partial charge is 0.315 e. The molecule has 1 atom stereocenters. The fraction of sp³-hybridized carbons (Fsp3) is 0.241. The number of carbonyl (C=O) groups excluding carboxylic acids is 2. The SMILES string of the molecule is COC(=O)C1CN(C(=O)CCc2ccn(-c3ccc(OCc4ccc(OC)cc4)cn3)n2)c2ccccc21. The number of fused-ring (bicyclic) bond motifs is 1. The Kier molecular flexibility index (Phi) is 7.35. The molecule has 4 aromatic rings. The van der Waals surface area contributed by atoms with E-state index in [2.05, 4.69) is 10.1 Å². The normalized spacial score (nSPS) is 14.2. The zero-order valence-electron chi connectivity index (χ0n) is 21.2. The molecule has 3 heterocycles. The van der Waals surface area contributed by atoms with Crippen LogP contribution in [0.5, 0.6) is 11.5 Å². The van der Waals surface area contributed by atoms with Gasteiger partial charge in [0.15, 0.2) is 5.82 Å². The number of hydrogen-bond acceptors (Lipinski definition) is 7. The van der Waals surface area contributed by atoms with Crippen molar-refractivity contribution in [2.75, 3.05) is 25.7 Å². The van der Waals surface area contributed by atoms with Gasteiger partial charge in [0.05, 0.1) is 26.1 Å². The Balaban J connectivity index is 1.16. The van der Waals surface area contributed by atoms with Crippen LogP contribution in [0.3, 0.4) is 0 Å². The summed E-state index contributed by atoms with van der Waals surface area (Å²) < 4.78 is 17.6. The molecule has 2 aromatic carbocycles. The van der Waals surface area contributed by atoms with Crippen molar-refractivity contribution in [2.24, 2.45) is 0 Å². The number of benzene rings is 2. The van der Waals surface area contributed by atoms with Gasteiger partial charge in [0.25, 0.3) is 0 Å². The minimum atomic E-state index is -0.464. The maximum absolute atomic E-state index is 13.1. The van der Waals surface area contributed by atoms with Gasteiger partial charge in [-0.15, -0.1) is 0 Å². The highest BCUT2D eigenvalue weighted by atomic mass is 16.5. The van der Waals surface area contributed by atoms with E-state index in [0.717, 1.165) is 28.3 Å². The summed E-state index contributed by atoms with van der Waals surface area (Å²) in [6.07, 6.45) is 4.21. The van der Waals surface area contributed by atoms with Gasteiger partial charge in [0.1, 0.15) is 24.0 Å². The molecule has 0 bridgehead atoms. The molecule has 0 spiro atoms. The fourth-order valence-corrected chi connectivity index (χ4v) is 4.46. The number of nitrogens with zero attached hydrogens (tertiary/aromatic N) is 4. The molecule has 5 rings (SSSR count).